The van der Waals surface area contributed by atoms with E-state index in [0.29, 0.717) is 18.4 Å². The van der Waals surface area contributed by atoms with Crippen LogP contribution in [0.4, 0.5) is 0 Å². The predicted molar refractivity (Wildman–Crippen MR) is 45.7 cm³/mol. The van der Waals surface area contributed by atoms with Crippen molar-refractivity contribution in [1.82, 2.24) is 0 Å². The van der Waals surface area contributed by atoms with Gasteiger partial charge in [-0.1, -0.05) is 22.9 Å². The van der Waals surface area contributed by atoms with Gasteiger partial charge >= 0.3 is 5.97 Å². The van der Waals surface area contributed by atoms with Crippen LogP contribution in [-0.4, -0.2) is 28.6 Å². The Balaban J connectivity index is 3.82. The first-order valence-electron chi connectivity index (χ1n) is 3.50. The summed E-state index contributed by atoms with van der Waals surface area (Å²) in [5.41, 5.74) is -1.33. The van der Waals surface area contributed by atoms with Crippen molar-refractivity contribution in [2.45, 2.75) is 25.9 Å². The minimum atomic E-state index is -1.33. The van der Waals surface area contributed by atoms with Gasteiger partial charge in [0.1, 0.15) is 6.61 Å². The summed E-state index contributed by atoms with van der Waals surface area (Å²) in [6.45, 7) is 3.48. The third-order valence-electron chi connectivity index (χ3n) is 1.44. The standard InChI is InChI=1S/C7H13BrO3/c1-3-7(2,10)6(9)11-5-4-8/h10H,3-5H2,1-2H3. The molecule has 66 valence electrons. The maximum atomic E-state index is 11.0. The Morgan fingerprint density at radius 3 is 2.64 bits per heavy atom. The second-order valence-corrected chi connectivity index (χ2v) is 3.25. The van der Waals surface area contributed by atoms with Gasteiger partial charge in [-0.15, -0.1) is 0 Å². The van der Waals surface area contributed by atoms with Gasteiger partial charge in [0.2, 0.25) is 0 Å². The molecule has 0 spiro atoms. The Bertz CT molecular complexity index is 134. The minimum Gasteiger partial charge on any atom is -0.463 e. The maximum absolute atomic E-state index is 11.0. The van der Waals surface area contributed by atoms with Crippen molar-refractivity contribution < 1.29 is 14.6 Å². The molecule has 0 aromatic heterocycles. The summed E-state index contributed by atoms with van der Waals surface area (Å²) in [6.07, 6.45) is 0.369. The van der Waals surface area contributed by atoms with E-state index in [0.717, 1.165) is 0 Å². The number of ether oxygens (including phenoxy) is 1. The first-order chi connectivity index (χ1) is 5.04. The minimum absolute atomic E-state index is 0.301. The lowest BCUT2D eigenvalue weighted by Gasteiger charge is -2.18. The van der Waals surface area contributed by atoms with E-state index in [9.17, 15) is 9.90 Å². The molecular weight excluding hydrogens is 212 g/mol. The highest BCUT2D eigenvalue weighted by molar-refractivity contribution is 9.09. The number of alkyl halides is 1. The molecule has 0 aliphatic rings. The Labute approximate surface area is 74.9 Å². The topological polar surface area (TPSA) is 46.5 Å². The first-order valence-corrected chi connectivity index (χ1v) is 4.62. The van der Waals surface area contributed by atoms with Gasteiger partial charge in [0.15, 0.2) is 5.60 Å². The second kappa shape index (κ2) is 4.72. The van der Waals surface area contributed by atoms with Gasteiger partial charge in [-0.2, -0.15) is 0 Å². The van der Waals surface area contributed by atoms with E-state index in [-0.39, 0.29) is 0 Å². The molecule has 0 heterocycles. The van der Waals surface area contributed by atoms with Crippen LogP contribution in [0, 0.1) is 0 Å². The van der Waals surface area contributed by atoms with E-state index in [2.05, 4.69) is 15.9 Å². The molecule has 0 aromatic carbocycles. The third kappa shape index (κ3) is 3.72. The second-order valence-electron chi connectivity index (χ2n) is 2.45. The Kier molecular flexibility index (Phi) is 4.68. The molecular formula is C7H13BrO3. The highest BCUT2D eigenvalue weighted by Gasteiger charge is 2.29. The zero-order valence-electron chi connectivity index (χ0n) is 6.76. The highest BCUT2D eigenvalue weighted by atomic mass is 79.9. The fraction of sp³-hybridized carbons (Fsp3) is 0.857. The molecule has 0 saturated carbocycles. The van der Waals surface area contributed by atoms with Gasteiger partial charge in [-0.3, -0.25) is 0 Å². The summed E-state index contributed by atoms with van der Waals surface area (Å²) in [7, 11) is 0. The average Bonchev–Trinajstić information content (AvgIpc) is 2.00. The van der Waals surface area contributed by atoms with Crippen molar-refractivity contribution >= 4 is 21.9 Å². The predicted octanol–water partition coefficient (Wildman–Crippen LogP) is 1.09. The number of halogens is 1. The monoisotopic (exact) mass is 224 g/mol. The van der Waals surface area contributed by atoms with Crippen LogP contribution in [0.25, 0.3) is 0 Å². The number of esters is 1. The highest BCUT2D eigenvalue weighted by Crippen LogP contribution is 2.10. The fourth-order valence-corrected chi connectivity index (χ4v) is 0.593. The molecule has 0 radical (unpaired) electrons. The van der Waals surface area contributed by atoms with Crippen LogP contribution in [0.15, 0.2) is 0 Å². The Morgan fingerprint density at radius 1 is 1.73 bits per heavy atom. The summed E-state index contributed by atoms with van der Waals surface area (Å²) in [4.78, 5) is 11.0. The van der Waals surface area contributed by atoms with E-state index in [4.69, 9.17) is 4.74 Å². The van der Waals surface area contributed by atoms with Gasteiger partial charge < -0.3 is 9.84 Å². The number of hydrogen-bond acceptors (Lipinski definition) is 3. The number of carbonyl (C=O) groups is 1. The number of aliphatic hydroxyl groups is 1. The normalized spacial score (nSPS) is 15.6. The molecule has 3 nitrogen and oxygen atoms in total. The molecule has 4 heteroatoms. The number of hydrogen-bond donors (Lipinski definition) is 1. The smallest absolute Gasteiger partial charge is 0.337 e. The fourth-order valence-electron chi connectivity index (χ4n) is 0.431. The summed E-state index contributed by atoms with van der Waals surface area (Å²) in [6, 6.07) is 0. The van der Waals surface area contributed by atoms with Crippen LogP contribution in [0.2, 0.25) is 0 Å². The number of carbonyl (C=O) groups excluding carboxylic acids is 1. The van der Waals surface area contributed by atoms with E-state index < -0.39 is 11.6 Å². The van der Waals surface area contributed by atoms with Gasteiger partial charge in [0, 0.05) is 5.33 Å². The lowest BCUT2D eigenvalue weighted by atomic mass is 10.1. The quantitative estimate of drug-likeness (QED) is 0.575. The van der Waals surface area contributed by atoms with Crippen LogP contribution < -0.4 is 0 Å². The van der Waals surface area contributed by atoms with E-state index in [1.165, 1.54) is 6.92 Å². The van der Waals surface area contributed by atoms with Crippen LogP contribution >= 0.6 is 15.9 Å². The molecule has 0 rings (SSSR count). The van der Waals surface area contributed by atoms with Crippen molar-refractivity contribution in [1.29, 1.82) is 0 Å². The average molecular weight is 225 g/mol. The molecule has 0 saturated heterocycles. The van der Waals surface area contributed by atoms with Gasteiger partial charge in [-0.05, 0) is 13.3 Å². The zero-order valence-corrected chi connectivity index (χ0v) is 8.35. The first kappa shape index (κ1) is 10.9. The van der Waals surface area contributed by atoms with Gasteiger partial charge in [-0.25, -0.2) is 4.79 Å². The molecule has 0 aliphatic carbocycles. The van der Waals surface area contributed by atoms with Crippen molar-refractivity contribution in [2.24, 2.45) is 0 Å². The van der Waals surface area contributed by atoms with Crippen LogP contribution in [0.1, 0.15) is 20.3 Å². The Hall–Kier alpha value is -0.0900. The largest absolute Gasteiger partial charge is 0.463 e. The summed E-state index contributed by atoms with van der Waals surface area (Å²) in [5, 5.41) is 9.92. The van der Waals surface area contributed by atoms with Crippen LogP contribution in [0.3, 0.4) is 0 Å². The molecule has 1 N–H and O–H groups in total. The van der Waals surface area contributed by atoms with Crippen molar-refractivity contribution in [3.8, 4) is 0 Å². The van der Waals surface area contributed by atoms with E-state index in [1.807, 2.05) is 0 Å². The lowest BCUT2D eigenvalue weighted by molar-refractivity contribution is -0.163. The van der Waals surface area contributed by atoms with Crippen molar-refractivity contribution in [2.75, 3.05) is 11.9 Å². The van der Waals surface area contributed by atoms with Gasteiger partial charge in [0.25, 0.3) is 0 Å². The molecule has 1 unspecified atom stereocenters. The molecule has 11 heavy (non-hydrogen) atoms. The van der Waals surface area contributed by atoms with Crippen molar-refractivity contribution in [3.05, 3.63) is 0 Å². The molecule has 0 aliphatic heterocycles. The van der Waals surface area contributed by atoms with E-state index in [1.54, 1.807) is 6.92 Å². The molecule has 0 amide bonds. The SMILES string of the molecule is CCC(C)(O)C(=O)OCCBr. The lowest BCUT2D eigenvalue weighted by Crippen LogP contribution is -2.36. The van der Waals surface area contributed by atoms with Crippen LogP contribution in [-0.2, 0) is 9.53 Å². The molecule has 0 aromatic rings. The number of rotatable bonds is 4. The molecule has 0 fully saturated rings. The van der Waals surface area contributed by atoms with Gasteiger partial charge in [0.05, 0.1) is 0 Å². The molecule has 0 bridgehead atoms. The zero-order chi connectivity index (χ0) is 8.91. The third-order valence-corrected chi connectivity index (χ3v) is 1.76. The Morgan fingerprint density at radius 2 is 2.27 bits per heavy atom. The maximum Gasteiger partial charge on any atom is 0.337 e. The summed E-state index contributed by atoms with van der Waals surface area (Å²) >= 11 is 3.11. The van der Waals surface area contributed by atoms with Crippen LogP contribution in [0.5, 0.6) is 0 Å². The van der Waals surface area contributed by atoms with E-state index >= 15 is 0 Å². The van der Waals surface area contributed by atoms with Crippen molar-refractivity contribution in [3.63, 3.8) is 0 Å². The summed E-state index contributed by atoms with van der Waals surface area (Å²) < 4.78 is 4.71. The molecule has 1 atom stereocenters. The summed E-state index contributed by atoms with van der Waals surface area (Å²) in [5.74, 6) is -0.556.